The summed E-state index contributed by atoms with van der Waals surface area (Å²) in [5, 5.41) is 3.85. The highest BCUT2D eigenvalue weighted by molar-refractivity contribution is 7.92. The van der Waals surface area contributed by atoms with Crippen molar-refractivity contribution in [3.05, 3.63) is 94.5 Å². The number of hydrogen-bond acceptors (Lipinski definition) is 4. The van der Waals surface area contributed by atoms with Crippen molar-refractivity contribution in [1.82, 2.24) is 5.43 Å². The normalized spacial score (nSPS) is 12.0. The van der Waals surface area contributed by atoms with E-state index in [9.17, 15) is 26.4 Å². The molecule has 3 rings (SSSR count). The highest BCUT2D eigenvalue weighted by atomic mass is 35.5. The van der Waals surface area contributed by atoms with Gasteiger partial charge in [0.25, 0.3) is 15.9 Å². The number of amides is 1. The van der Waals surface area contributed by atoms with Crippen molar-refractivity contribution >= 4 is 39.4 Å². The van der Waals surface area contributed by atoms with Crippen molar-refractivity contribution in [3.63, 3.8) is 0 Å². The number of benzene rings is 3. The molecule has 3 aromatic rings. The number of alkyl halides is 3. The van der Waals surface area contributed by atoms with E-state index in [0.29, 0.717) is 5.56 Å². The number of carbonyl (C=O) groups excluding carboxylic acids is 1. The van der Waals surface area contributed by atoms with Gasteiger partial charge in [0, 0.05) is 10.6 Å². The summed E-state index contributed by atoms with van der Waals surface area (Å²) >= 11 is 6.06. The Morgan fingerprint density at radius 3 is 2.38 bits per heavy atom. The molecule has 0 saturated carbocycles. The largest absolute Gasteiger partial charge is 0.417 e. The lowest BCUT2D eigenvalue weighted by molar-refractivity contribution is -0.137. The molecule has 1 amide bonds. The van der Waals surface area contributed by atoms with Crippen molar-refractivity contribution < 1.29 is 26.4 Å². The van der Waals surface area contributed by atoms with Gasteiger partial charge in [-0.15, -0.1) is 0 Å². The van der Waals surface area contributed by atoms with Crippen molar-refractivity contribution in [1.29, 1.82) is 0 Å². The molecule has 0 unspecified atom stereocenters. The molecular weight excluding hydrogens is 491 g/mol. The number of sulfonamides is 1. The van der Waals surface area contributed by atoms with E-state index in [2.05, 4.69) is 10.5 Å². The maximum absolute atomic E-state index is 13.3. The highest BCUT2D eigenvalue weighted by Crippen LogP contribution is 2.31. The van der Waals surface area contributed by atoms with Crippen molar-refractivity contribution in [2.75, 3.05) is 10.8 Å². The number of anilines is 1. The number of carbonyl (C=O) groups is 1. The third-order valence-corrected chi connectivity index (χ3v) is 6.73. The molecule has 0 bridgehead atoms. The molecule has 3 aromatic carbocycles. The van der Waals surface area contributed by atoms with Crippen LogP contribution in [0.1, 0.15) is 16.7 Å². The SMILES string of the molecule is Cc1ccc(Cl)cc1N(CC(=O)N/N=C/c1ccccc1C(F)(F)F)S(=O)(=O)c1ccccc1. The van der Waals surface area contributed by atoms with Crippen LogP contribution in [-0.2, 0) is 21.0 Å². The van der Waals surface area contributed by atoms with Gasteiger partial charge in [-0.1, -0.05) is 54.1 Å². The monoisotopic (exact) mass is 509 g/mol. The lowest BCUT2D eigenvalue weighted by atomic mass is 10.1. The molecule has 0 radical (unpaired) electrons. The quantitative estimate of drug-likeness (QED) is 0.359. The van der Waals surface area contributed by atoms with Gasteiger partial charge in [-0.2, -0.15) is 18.3 Å². The van der Waals surface area contributed by atoms with Gasteiger partial charge in [0.2, 0.25) is 0 Å². The molecule has 0 aliphatic rings. The van der Waals surface area contributed by atoms with Gasteiger partial charge < -0.3 is 0 Å². The van der Waals surface area contributed by atoms with Crippen LogP contribution in [0.4, 0.5) is 18.9 Å². The fourth-order valence-electron chi connectivity index (χ4n) is 3.08. The van der Waals surface area contributed by atoms with Gasteiger partial charge in [-0.25, -0.2) is 13.8 Å². The molecule has 6 nitrogen and oxygen atoms in total. The average molecular weight is 510 g/mol. The van der Waals surface area contributed by atoms with Crippen molar-refractivity contribution in [3.8, 4) is 0 Å². The van der Waals surface area contributed by atoms with Crippen LogP contribution < -0.4 is 9.73 Å². The maximum atomic E-state index is 13.3. The zero-order valence-electron chi connectivity index (χ0n) is 17.8. The first-order valence-electron chi connectivity index (χ1n) is 9.82. The van der Waals surface area contributed by atoms with E-state index in [1.165, 1.54) is 36.4 Å². The minimum atomic E-state index is -4.60. The Balaban J connectivity index is 1.89. The predicted octanol–water partition coefficient (Wildman–Crippen LogP) is 5.01. The van der Waals surface area contributed by atoms with Gasteiger partial charge in [-0.05, 0) is 42.8 Å². The standard InChI is InChI=1S/C23H19ClF3N3O3S/c1-16-11-12-18(24)13-21(16)30(34(32,33)19-8-3-2-4-9-19)15-22(31)29-28-14-17-7-5-6-10-20(17)23(25,26)27/h2-14H,15H2,1H3,(H,29,31)/b28-14+. The van der Waals surface area contributed by atoms with Crippen molar-refractivity contribution in [2.24, 2.45) is 5.10 Å². The third-order valence-electron chi connectivity index (χ3n) is 4.72. The molecule has 0 saturated heterocycles. The summed E-state index contributed by atoms with van der Waals surface area (Å²) in [7, 11) is -4.18. The molecule has 0 fully saturated rings. The van der Waals surface area contributed by atoms with Crippen LogP contribution in [-0.4, -0.2) is 27.1 Å². The lowest BCUT2D eigenvalue weighted by Crippen LogP contribution is -2.40. The van der Waals surface area contributed by atoms with Gasteiger partial charge in [0.15, 0.2) is 0 Å². The Morgan fingerprint density at radius 1 is 1.06 bits per heavy atom. The molecule has 0 aromatic heterocycles. The van der Waals surface area contributed by atoms with Gasteiger partial charge in [-0.3, -0.25) is 9.10 Å². The molecule has 0 spiro atoms. The fraction of sp³-hybridized carbons (Fsp3) is 0.130. The second-order valence-corrected chi connectivity index (χ2v) is 9.43. The van der Waals surface area contributed by atoms with E-state index in [4.69, 9.17) is 11.6 Å². The van der Waals surface area contributed by atoms with Crippen molar-refractivity contribution in [2.45, 2.75) is 18.0 Å². The third kappa shape index (κ3) is 5.95. The van der Waals surface area contributed by atoms with Crippen LogP contribution in [0.2, 0.25) is 5.02 Å². The molecule has 0 atom stereocenters. The first-order chi connectivity index (χ1) is 16.0. The second-order valence-electron chi connectivity index (χ2n) is 7.13. The minimum absolute atomic E-state index is 0.0511. The number of hydrazone groups is 1. The minimum Gasteiger partial charge on any atom is -0.271 e. The maximum Gasteiger partial charge on any atom is 0.417 e. The van der Waals surface area contributed by atoms with Crippen LogP contribution >= 0.6 is 11.6 Å². The van der Waals surface area contributed by atoms with Gasteiger partial charge in [0.1, 0.15) is 6.54 Å². The topological polar surface area (TPSA) is 78.8 Å². The van der Waals surface area contributed by atoms with E-state index in [1.807, 2.05) is 0 Å². The van der Waals surface area contributed by atoms with E-state index >= 15 is 0 Å². The number of nitrogens with one attached hydrogen (secondary N) is 1. The highest BCUT2D eigenvalue weighted by Gasteiger charge is 2.32. The zero-order valence-corrected chi connectivity index (χ0v) is 19.3. The van der Waals surface area contributed by atoms with Crippen LogP contribution in [0, 0.1) is 6.92 Å². The number of nitrogens with zero attached hydrogens (tertiary/aromatic N) is 2. The molecule has 0 aliphatic heterocycles. The van der Waals surface area contributed by atoms with Crippen LogP contribution in [0.3, 0.4) is 0 Å². The molecule has 11 heteroatoms. The average Bonchev–Trinajstić information content (AvgIpc) is 2.79. The first-order valence-corrected chi connectivity index (χ1v) is 11.6. The van der Waals surface area contributed by atoms with Crippen LogP contribution in [0.25, 0.3) is 0 Å². The molecule has 0 aliphatic carbocycles. The van der Waals surface area contributed by atoms with Gasteiger partial charge >= 0.3 is 6.18 Å². The van der Waals surface area contributed by atoms with Crippen LogP contribution in [0.5, 0.6) is 0 Å². The zero-order chi connectivity index (χ0) is 24.9. The van der Waals surface area contributed by atoms with E-state index in [0.717, 1.165) is 16.6 Å². The van der Waals surface area contributed by atoms with E-state index < -0.39 is 34.2 Å². The molecule has 0 heterocycles. The van der Waals surface area contributed by atoms with E-state index in [1.54, 1.807) is 37.3 Å². The summed E-state index contributed by atoms with van der Waals surface area (Å²) in [4.78, 5) is 12.5. The van der Waals surface area contributed by atoms with E-state index in [-0.39, 0.29) is 21.2 Å². The number of hydrogen-bond donors (Lipinski definition) is 1. The Bertz CT molecular complexity index is 1310. The summed E-state index contributed by atoms with van der Waals surface area (Å²) in [6.07, 6.45) is -3.75. The second kappa shape index (κ2) is 10.3. The number of rotatable bonds is 7. The molecule has 34 heavy (non-hydrogen) atoms. The summed E-state index contributed by atoms with van der Waals surface area (Å²) in [6.45, 7) is 0.972. The van der Waals surface area contributed by atoms with Gasteiger partial charge in [0.05, 0.1) is 22.4 Å². The Hall–Kier alpha value is -3.37. The molecule has 1 N–H and O–H groups in total. The first kappa shape index (κ1) is 25.3. The smallest absolute Gasteiger partial charge is 0.271 e. The Morgan fingerprint density at radius 2 is 1.71 bits per heavy atom. The molecular formula is C23H19ClF3N3O3S. The summed E-state index contributed by atoms with van der Waals surface area (Å²) in [5.74, 6) is -0.861. The number of halogens is 4. The predicted molar refractivity (Wildman–Crippen MR) is 124 cm³/mol. The number of aryl methyl sites for hydroxylation is 1. The lowest BCUT2D eigenvalue weighted by Gasteiger charge is -2.25. The fourth-order valence-corrected chi connectivity index (χ4v) is 4.74. The summed E-state index contributed by atoms with van der Waals surface area (Å²) in [5.41, 5.74) is 1.64. The van der Waals surface area contributed by atoms with Crippen LogP contribution in [0.15, 0.2) is 82.8 Å². The summed E-state index contributed by atoms with van der Waals surface area (Å²) < 4.78 is 66.9. The summed E-state index contributed by atoms with van der Waals surface area (Å²) in [6, 6.07) is 16.8. The Labute approximate surface area is 199 Å². The Kier molecular flexibility index (Phi) is 7.63. The molecule has 178 valence electrons.